The predicted octanol–water partition coefficient (Wildman–Crippen LogP) is 3.41. The van der Waals surface area contributed by atoms with Crippen LogP contribution < -0.4 is 0 Å². The molecule has 0 bridgehead atoms. The molecular formula is C9H11I. The van der Waals surface area contributed by atoms with E-state index in [1.165, 1.54) is 9.13 Å². The summed E-state index contributed by atoms with van der Waals surface area (Å²) in [6, 6.07) is 8.63. The Hall–Kier alpha value is -0.0500. The standard InChI is InChI=1S/C9H11I/c1-7(2)8-4-3-5-9(10)6-8/h3-7H,1-2H3. The van der Waals surface area contributed by atoms with Crippen LogP contribution in [0.25, 0.3) is 0 Å². The maximum atomic E-state index is 2.34. The van der Waals surface area contributed by atoms with Crippen molar-refractivity contribution < 1.29 is 0 Å². The quantitative estimate of drug-likeness (QED) is 0.666. The molecule has 0 aromatic heterocycles. The van der Waals surface area contributed by atoms with Gasteiger partial charge in [-0.3, -0.25) is 0 Å². The van der Waals surface area contributed by atoms with E-state index in [-0.39, 0.29) is 0 Å². The van der Waals surface area contributed by atoms with Crippen LogP contribution in [0, 0.1) is 3.57 Å². The third kappa shape index (κ3) is 1.97. The average Bonchev–Trinajstić information content (AvgIpc) is 1.88. The molecule has 1 heteroatoms. The molecule has 0 saturated heterocycles. The summed E-state index contributed by atoms with van der Waals surface area (Å²) in [6.07, 6.45) is 0. The van der Waals surface area contributed by atoms with Crippen LogP contribution in [-0.4, -0.2) is 0 Å². The van der Waals surface area contributed by atoms with Gasteiger partial charge in [-0.2, -0.15) is 0 Å². The highest BCUT2D eigenvalue weighted by Crippen LogP contribution is 2.16. The second kappa shape index (κ2) is 3.37. The van der Waals surface area contributed by atoms with Gasteiger partial charge in [-0.1, -0.05) is 26.0 Å². The van der Waals surface area contributed by atoms with Crippen molar-refractivity contribution >= 4 is 22.6 Å². The summed E-state index contributed by atoms with van der Waals surface area (Å²) in [5.41, 5.74) is 1.42. The van der Waals surface area contributed by atoms with Gasteiger partial charge in [0.25, 0.3) is 0 Å². The summed E-state index contributed by atoms with van der Waals surface area (Å²) >= 11 is 2.34. The molecule has 0 atom stereocenters. The Morgan fingerprint density at radius 3 is 2.40 bits per heavy atom. The average molecular weight is 246 g/mol. The summed E-state index contributed by atoms with van der Waals surface area (Å²) in [5.74, 6) is 0.648. The molecule has 0 saturated carbocycles. The Morgan fingerprint density at radius 1 is 1.30 bits per heavy atom. The largest absolute Gasteiger partial charge is 0.0609 e. The third-order valence-corrected chi connectivity index (χ3v) is 2.19. The van der Waals surface area contributed by atoms with E-state index in [9.17, 15) is 0 Å². The van der Waals surface area contributed by atoms with E-state index in [0.29, 0.717) is 5.92 Å². The van der Waals surface area contributed by atoms with Crippen molar-refractivity contribution in [2.24, 2.45) is 0 Å². The minimum atomic E-state index is 0.648. The molecule has 0 radical (unpaired) electrons. The summed E-state index contributed by atoms with van der Waals surface area (Å²) in [7, 11) is 0. The molecule has 0 aliphatic heterocycles. The van der Waals surface area contributed by atoms with Crippen LogP contribution in [0.2, 0.25) is 0 Å². The van der Waals surface area contributed by atoms with E-state index >= 15 is 0 Å². The van der Waals surface area contributed by atoms with E-state index in [1.54, 1.807) is 0 Å². The second-order valence-corrected chi connectivity index (χ2v) is 3.96. The van der Waals surface area contributed by atoms with Gasteiger partial charge in [-0.25, -0.2) is 0 Å². The summed E-state index contributed by atoms with van der Waals surface area (Å²) in [4.78, 5) is 0. The van der Waals surface area contributed by atoms with E-state index < -0.39 is 0 Å². The van der Waals surface area contributed by atoms with Crippen molar-refractivity contribution in [1.82, 2.24) is 0 Å². The molecule has 0 unspecified atom stereocenters. The Balaban J connectivity index is 2.96. The Morgan fingerprint density at radius 2 is 2.00 bits per heavy atom. The molecule has 1 aromatic carbocycles. The Labute approximate surface area is 75.8 Å². The fourth-order valence-corrected chi connectivity index (χ4v) is 1.43. The second-order valence-electron chi connectivity index (χ2n) is 2.71. The van der Waals surface area contributed by atoms with E-state index in [4.69, 9.17) is 0 Å². The molecule has 54 valence electrons. The van der Waals surface area contributed by atoms with E-state index in [0.717, 1.165) is 0 Å². The van der Waals surface area contributed by atoms with Gasteiger partial charge in [-0.05, 0) is 46.2 Å². The lowest BCUT2D eigenvalue weighted by Crippen LogP contribution is -1.86. The number of rotatable bonds is 1. The maximum Gasteiger partial charge on any atom is 0.0133 e. The van der Waals surface area contributed by atoms with Crippen LogP contribution in [0.1, 0.15) is 25.3 Å². The molecule has 0 aliphatic carbocycles. The van der Waals surface area contributed by atoms with Crippen molar-refractivity contribution in [3.8, 4) is 0 Å². The van der Waals surface area contributed by atoms with Crippen LogP contribution in [0.15, 0.2) is 24.3 Å². The topological polar surface area (TPSA) is 0 Å². The van der Waals surface area contributed by atoms with Crippen LogP contribution in [-0.2, 0) is 0 Å². The Bertz CT molecular complexity index is 216. The van der Waals surface area contributed by atoms with Gasteiger partial charge >= 0.3 is 0 Å². The molecule has 10 heavy (non-hydrogen) atoms. The van der Waals surface area contributed by atoms with Gasteiger partial charge in [0, 0.05) is 3.57 Å². The van der Waals surface area contributed by atoms with E-state index in [2.05, 4.69) is 60.7 Å². The minimum absolute atomic E-state index is 0.648. The van der Waals surface area contributed by atoms with Crippen molar-refractivity contribution in [3.63, 3.8) is 0 Å². The van der Waals surface area contributed by atoms with Gasteiger partial charge in [0.15, 0.2) is 0 Å². The molecule has 1 rings (SSSR count). The molecule has 0 amide bonds. The summed E-state index contributed by atoms with van der Waals surface area (Å²) in [5, 5.41) is 0. The fourth-order valence-electron chi connectivity index (χ4n) is 0.866. The summed E-state index contributed by atoms with van der Waals surface area (Å²) in [6.45, 7) is 4.43. The maximum absolute atomic E-state index is 2.34. The third-order valence-electron chi connectivity index (χ3n) is 1.52. The lowest BCUT2D eigenvalue weighted by atomic mass is 10.0. The lowest BCUT2D eigenvalue weighted by molar-refractivity contribution is 0.865. The van der Waals surface area contributed by atoms with Gasteiger partial charge < -0.3 is 0 Å². The highest BCUT2D eigenvalue weighted by molar-refractivity contribution is 14.1. The smallest absolute Gasteiger partial charge is 0.0133 e. The number of hydrogen-bond donors (Lipinski definition) is 0. The van der Waals surface area contributed by atoms with Crippen molar-refractivity contribution in [2.75, 3.05) is 0 Å². The molecule has 0 fully saturated rings. The van der Waals surface area contributed by atoms with E-state index in [1.807, 2.05) is 0 Å². The Kier molecular flexibility index (Phi) is 2.72. The molecule has 0 nitrogen and oxygen atoms in total. The molecule has 0 heterocycles. The van der Waals surface area contributed by atoms with Crippen LogP contribution in [0.4, 0.5) is 0 Å². The highest BCUT2D eigenvalue weighted by atomic mass is 127. The lowest BCUT2D eigenvalue weighted by Gasteiger charge is -2.03. The van der Waals surface area contributed by atoms with Crippen LogP contribution in [0.3, 0.4) is 0 Å². The number of benzene rings is 1. The molecule has 1 aromatic rings. The van der Waals surface area contributed by atoms with Crippen LogP contribution >= 0.6 is 22.6 Å². The van der Waals surface area contributed by atoms with Crippen molar-refractivity contribution in [2.45, 2.75) is 19.8 Å². The van der Waals surface area contributed by atoms with Gasteiger partial charge in [0.1, 0.15) is 0 Å². The first kappa shape index (κ1) is 8.05. The zero-order chi connectivity index (χ0) is 7.56. The normalized spacial score (nSPS) is 10.4. The molecule has 0 aliphatic rings. The first-order valence-electron chi connectivity index (χ1n) is 3.45. The SMILES string of the molecule is CC(C)c1cccc(I)c1. The molecular weight excluding hydrogens is 235 g/mol. The van der Waals surface area contributed by atoms with Gasteiger partial charge in [0.2, 0.25) is 0 Å². The first-order chi connectivity index (χ1) is 4.70. The molecule has 0 spiro atoms. The molecule has 0 N–H and O–H groups in total. The summed E-state index contributed by atoms with van der Waals surface area (Å²) < 4.78 is 1.32. The van der Waals surface area contributed by atoms with Crippen LogP contribution in [0.5, 0.6) is 0 Å². The number of halogens is 1. The van der Waals surface area contributed by atoms with Gasteiger partial charge in [0.05, 0.1) is 0 Å². The zero-order valence-electron chi connectivity index (χ0n) is 6.26. The van der Waals surface area contributed by atoms with Crippen molar-refractivity contribution in [1.29, 1.82) is 0 Å². The fraction of sp³-hybridized carbons (Fsp3) is 0.333. The zero-order valence-corrected chi connectivity index (χ0v) is 8.42. The first-order valence-corrected chi connectivity index (χ1v) is 4.53. The monoisotopic (exact) mass is 246 g/mol. The van der Waals surface area contributed by atoms with Crippen molar-refractivity contribution in [3.05, 3.63) is 33.4 Å². The predicted molar refractivity (Wildman–Crippen MR) is 53.2 cm³/mol. The van der Waals surface area contributed by atoms with Gasteiger partial charge in [-0.15, -0.1) is 0 Å². The number of hydrogen-bond acceptors (Lipinski definition) is 0. The minimum Gasteiger partial charge on any atom is -0.0609 e. The highest BCUT2D eigenvalue weighted by Gasteiger charge is 1.96.